The van der Waals surface area contributed by atoms with E-state index in [1.807, 2.05) is 6.08 Å². The first kappa shape index (κ1) is 15.9. The van der Waals surface area contributed by atoms with Crippen LogP contribution >= 0.6 is 0 Å². The van der Waals surface area contributed by atoms with E-state index in [1.54, 1.807) is 0 Å². The molecule has 0 spiro atoms. The third-order valence-corrected chi connectivity index (χ3v) is 8.26. The van der Waals surface area contributed by atoms with Gasteiger partial charge in [0.2, 0.25) is 5.91 Å². The standard InChI is InChI=1S/C21H29NO3/c23-18(21(19(24)25)11-13-1-3-17(21)4-2-13)22-12-20-8-14-5-15(9-20)7-16(6-14)10-20/h1,3,13-17H,2,4-12H2,(H,22,23)(H,24,25). The normalized spacial score (nSPS) is 49.4. The largest absolute Gasteiger partial charge is 0.480 e. The molecular weight excluding hydrogens is 314 g/mol. The van der Waals surface area contributed by atoms with Gasteiger partial charge in [-0.05, 0) is 86.9 Å². The first-order chi connectivity index (χ1) is 12.0. The highest BCUT2D eigenvalue weighted by Crippen LogP contribution is 2.60. The highest BCUT2D eigenvalue weighted by Gasteiger charge is 2.57. The SMILES string of the molecule is O=C(O)C1(C(=O)NCC23CC4CC(CC(C4)C2)C3)CC2C=CC1CC2. The molecule has 25 heavy (non-hydrogen) atoms. The summed E-state index contributed by atoms with van der Waals surface area (Å²) < 4.78 is 0. The second kappa shape index (κ2) is 5.34. The lowest BCUT2D eigenvalue weighted by Crippen LogP contribution is -2.58. The minimum Gasteiger partial charge on any atom is -0.480 e. The highest BCUT2D eigenvalue weighted by atomic mass is 16.4. The fourth-order valence-corrected chi connectivity index (χ4v) is 7.56. The number of aliphatic carboxylic acids is 1. The zero-order valence-corrected chi connectivity index (χ0v) is 14.9. The van der Waals surface area contributed by atoms with Crippen molar-refractivity contribution in [1.29, 1.82) is 0 Å². The predicted octanol–water partition coefficient (Wildman–Crippen LogP) is 3.38. The summed E-state index contributed by atoms with van der Waals surface area (Å²) in [7, 11) is 0. The maximum atomic E-state index is 13.1. The predicted molar refractivity (Wildman–Crippen MR) is 93.7 cm³/mol. The van der Waals surface area contributed by atoms with E-state index in [2.05, 4.69) is 11.4 Å². The second-order valence-corrected chi connectivity index (χ2v) is 9.91. The molecule has 3 atom stereocenters. The zero-order chi connectivity index (χ0) is 17.2. The smallest absolute Gasteiger partial charge is 0.319 e. The molecule has 6 bridgehead atoms. The van der Waals surface area contributed by atoms with Crippen LogP contribution in [0.2, 0.25) is 0 Å². The summed E-state index contributed by atoms with van der Waals surface area (Å²) in [5.74, 6) is 1.54. The fourth-order valence-electron chi connectivity index (χ4n) is 7.56. The van der Waals surface area contributed by atoms with Crippen LogP contribution in [0.3, 0.4) is 0 Å². The Kier molecular flexibility index (Phi) is 3.40. The molecule has 0 heterocycles. The summed E-state index contributed by atoms with van der Waals surface area (Å²) in [6, 6.07) is 0. The van der Waals surface area contributed by atoms with Crippen LogP contribution in [0.15, 0.2) is 12.2 Å². The molecule has 3 unspecified atom stereocenters. The van der Waals surface area contributed by atoms with Crippen LogP contribution in [0.5, 0.6) is 0 Å². The van der Waals surface area contributed by atoms with Crippen LogP contribution in [0.1, 0.15) is 57.8 Å². The van der Waals surface area contributed by atoms with Crippen LogP contribution < -0.4 is 5.32 Å². The van der Waals surface area contributed by atoms with Gasteiger partial charge < -0.3 is 10.4 Å². The number of rotatable bonds is 4. The number of carbonyl (C=O) groups excluding carboxylic acids is 1. The van der Waals surface area contributed by atoms with Gasteiger partial charge in [-0.25, -0.2) is 0 Å². The van der Waals surface area contributed by atoms with Crippen molar-refractivity contribution in [2.75, 3.05) is 6.54 Å². The van der Waals surface area contributed by atoms with Gasteiger partial charge in [0.1, 0.15) is 0 Å². The van der Waals surface area contributed by atoms with E-state index in [1.165, 1.54) is 38.5 Å². The first-order valence-electron chi connectivity index (χ1n) is 10.2. The van der Waals surface area contributed by atoms with Crippen LogP contribution in [0, 0.1) is 40.4 Å². The number of fused-ring (bicyclic) bond motifs is 2. The zero-order valence-electron chi connectivity index (χ0n) is 14.9. The lowest BCUT2D eigenvalue weighted by Gasteiger charge is -2.57. The molecule has 4 heteroatoms. The summed E-state index contributed by atoms with van der Waals surface area (Å²) in [5, 5.41) is 13.1. The van der Waals surface area contributed by atoms with E-state index >= 15 is 0 Å². The molecule has 0 radical (unpaired) electrons. The van der Waals surface area contributed by atoms with Gasteiger partial charge in [-0.3, -0.25) is 9.59 Å². The summed E-state index contributed by atoms with van der Waals surface area (Å²) in [4.78, 5) is 25.3. The van der Waals surface area contributed by atoms with Crippen LogP contribution in [0.25, 0.3) is 0 Å². The maximum Gasteiger partial charge on any atom is 0.319 e. The molecule has 5 saturated carbocycles. The topological polar surface area (TPSA) is 66.4 Å². The van der Waals surface area contributed by atoms with Gasteiger partial charge in [0.05, 0.1) is 0 Å². The monoisotopic (exact) mass is 343 g/mol. The lowest BCUT2D eigenvalue weighted by atomic mass is 9.49. The Morgan fingerprint density at radius 3 is 2.04 bits per heavy atom. The molecule has 5 fully saturated rings. The molecule has 1 amide bonds. The number of carboxylic acids is 1. The molecular formula is C21H29NO3. The molecule has 4 nitrogen and oxygen atoms in total. The molecule has 0 aromatic rings. The molecule has 136 valence electrons. The summed E-state index contributed by atoms with van der Waals surface area (Å²) in [6.45, 7) is 0.700. The average Bonchev–Trinajstić information content (AvgIpc) is 2.59. The maximum absolute atomic E-state index is 13.1. The van der Waals surface area contributed by atoms with E-state index in [0.29, 0.717) is 13.0 Å². The van der Waals surface area contributed by atoms with Crippen molar-refractivity contribution in [1.82, 2.24) is 5.32 Å². The molecule has 0 aromatic heterocycles. The quantitative estimate of drug-likeness (QED) is 0.607. The van der Waals surface area contributed by atoms with E-state index < -0.39 is 11.4 Å². The minimum absolute atomic E-state index is 0.133. The summed E-state index contributed by atoms with van der Waals surface area (Å²) in [5.41, 5.74) is -0.965. The van der Waals surface area contributed by atoms with Gasteiger partial charge in [-0.15, -0.1) is 0 Å². The number of hydrogen-bond acceptors (Lipinski definition) is 2. The van der Waals surface area contributed by atoms with Gasteiger partial charge >= 0.3 is 5.97 Å². The molecule has 7 rings (SSSR count). The molecule has 7 aliphatic carbocycles. The summed E-state index contributed by atoms with van der Waals surface area (Å²) in [6.07, 6.45) is 14.4. The van der Waals surface area contributed by atoms with Gasteiger partial charge in [-0.1, -0.05) is 12.2 Å². The number of amides is 1. The second-order valence-electron chi connectivity index (χ2n) is 9.91. The Bertz CT molecular complexity index is 604. The Labute approximate surface area is 149 Å². The van der Waals surface area contributed by atoms with Crippen molar-refractivity contribution < 1.29 is 14.7 Å². The highest BCUT2D eigenvalue weighted by molar-refractivity contribution is 6.03. The van der Waals surface area contributed by atoms with E-state index in [0.717, 1.165) is 30.6 Å². The van der Waals surface area contributed by atoms with E-state index in [4.69, 9.17) is 0 Å². The van der Waals surface area contributed by atoms with Crippen LogP contribution in [-0.2, 0) is 9.59 Å². The molecule has 0 aromatic carbocycles. The first-order valence-corrected chi connectivity index (χ1v) is 10.2. The van der Waals surface area contributed by atoms with Crippen LogP contribution in [-0.4, -0.2) is 23.5 Å². The van der Waals surface area contributed by atoms with E-state index in [9.17, 15) is 14.7 Å². The minimum atomic E-state index is -1.22. The van der Waals surface area contributed by atoms with Crippen LogP contribution in [0.4, 0.5) is 0 Å². The Morgan fingerprint density at radius 1 is 0.960 bits per heavy atom. The van der Waals surface area contributed by atoms with Crippen molar-refractivity contribution in [3.05, 3.63) is 12.2 Å². The lowest BCUT2D eigenvalue weighted by molar-refractivity contribution is -0.163. The Balaban J connectivity index is 1.33. The number of carbonyl (C=O) groups is 2. The summed E-state index contributed by atoms with van der Waals surface area (Å²) >= 11 is 0. The number of carboxylic acid groups (broad SMARTS) is 1. The number of allylic oxidation sites excluding steroid dienone is 2. The number of nitrogens with one attached hydrogen (secondary N) is 1. The molecule has 2 N–H and O–H groups in total. The van der Waals surface area contributed by atoms with Gasteiger partial charge in [0.25, 0.3) is 0 Å². The molecule has 7 aliphatic rings. The van der Waals surface area contributed by atoms with Crippen molar-refractivity contribution in [3.8, 4) is 0 Å². The van der Waals surface area contributed by atoms with E-state index in [-0.39, 0.29) is 23.2 Å². The van der Waals surface area contributed by atoms with Gasteiger partial charge in [0, 0.05) is 12.5 Å². The third-order valence-electron chi connectivity index (χ3n) is 8.26. The van der Waals surface area contributed by atoms with Crippen molar-refractivity contribution in [2.45, 2.75) is 57.8 Å². The fraction of sp³-hybridized carbons (Fsp3) is 0.810. The Hall–Kier alpha value is -1.32. The average molecular weight is 343 g/mol. The number of hydrogen-bond donors (Lipinski definition) is 2. The van der Waals surface area contributed by atoms with Crippen molar-refractivity contribution in [3.63, 3.8) is 0 Å². The van der Waals surface area contributed by atoms with Gasteiger partial charge in [-0.2, -0.15) is 0 Å². The van der Waals surface area contributed by atoms with Gasteiger partial charge in [0.15, 0.2) is 5.41 Å². The Morgan fingerprint density at radius 2 is 1.60 bits per heavy atom. The third kappa shape index (κ3) is 2.32. The molecule has 0 saturated heterocycles. The van der Waals surface area contributed by atoms with Crippen molar-refractivity contribution in [2.24, 2.45) is 40.4 Å². The molecule has 0 aliphatic heterocycles. The van der Waals surface area contributed by atoms with Crippen molar-refractivity contribution >= 4 is 11.9 Å².